The van der Waals surface area contributed by atoms with E-state index in [0.29, 0.717) is 90.3 Å². The Morgan fingerprint density at radius 1 is 0.842 bits per heavy atom. The van der Waals surface area contributed by atoms with Gasteiger partial charge in [0.05, 0.1) is 71.0 Å². The normalized spacial score (nSPS) is 18.3. The molecule has 57 heavy (non-hydrogen) atoms. The Morgan fingerprint density at radius 2 is 1.47 bits per heavy atom. The topological polar surface area (TPSA) is 271 Å². The quantitative estimate of drug-likeness (QED) is 0.0134. The van der Waals surface area contributed by atoms with E-state index in [9.17, 15) is 28.8 Å². The highest BCUT2D eigenvalue weighted by atomic mass is 32.2. The van der Waals surface area contributed by atoms with Crippen LogP contribution >= 0.6 is 11.8 Å². The minimum Gasteiger partial charge on any atom is -0.458 e. The number of hydrogen-bond donors (Lipinski definition) is 6. The van der Waals surface area contributed by atoms with Gasteiger partial charge in [0.2, 0.25) is 23.5 Å². The summed E-state index contributed by atoms with van der Waals surface area (Å²) in [5, 5.41) is 14.6. The third kappa shape index (κ3) is 23.4. The first-order valence-electron chi connectivity index (χ1n) is 19.8. The number of thioether (sulfide) groups is 1. The fraction of sp³-hybridized carbons (Fsp3) is 0.811. The van der Waals surface area contributed by atoms with Gasteiger partial charge < -0.3 is 61.5 Å². The molecule has 0 saturated carbocycles. The lowest BCUT2D eigenvalue weighted by molar-refractivity contribution is -0.159. The lowest BCUT2D eigenvalue weighted by atomic mass is 10.0. The van der Waals surface area contributed by atoms with Crippen molar-refractivity contribution >= 4 is 53.5 Å². The number of carbonyl (C=O) groups is 6. The van der Waals surface area contributed by atoms with E-state index in [0.717, 1.165) is 31.2 Å². The maximum atomic E-state index is 12.6. The van der Waals surface area contributed by atoms with E-state index >= 15 is 0 Å². The van der Waals surface area contributed by atoms with Crippen LogP contribution < -0.4 is 32.3 Å². The van der Waals surface area contributed by atoms with E-state index < -0.39 is 35.3 Å². The van der Waals surface area contributed by atoms with E-state index in [-0.39, 0.29) is 55.8 Å². The van der Waals surface area contributed by atoms with E-state index in [2.05, 4.69) is 31.4 Å². The Bertz CT molecular complexity index is 1310. The van der Waals surface area contributed by atoms with Gasteiger partial charge in [0.25, 0.3) is 0 Å². The summed E-state index contributed by atoms with van der Waals surface area (Å²) < 4.78 is 27.2. The second-order valence-corrected chi connectivity index (χ2v) is 16.0. The van der Waals surface area contributed by atoms with Crippen LogP contribution in [-0.2, 0) is 47.7 Å². The molecule has 19 nitrogen and oxygen atoms in total. The zero-order valence-corrected chi connectivity index (χ0v) is 34.5. The monoisotopic (exact) mass is 828 g/mol. The molecule has 324 valence electrons. The molecule has 0 radical (unpaired) electrons. The maximum absolute atomic E-state index is 12.6. The summed E-state index contributed by atoms with van der Waals surface area (Å²) in [7, 11) is 0. The van der Waals surface area contributed by atoms with Crippen LogP contribution in [0.15, 0.2) is 0 Å². The van der Waals surface area contributed by atoms with Gasteiger partial charge in [0, 0.05) is 43.4 Å². The summed E-state index contributed by atoms with van der Waals surface area (Å²) in [5.74, 6) is -0.998. The number of nitrogens with one attached hydrogen (secondary N) is 5. The fourth-order valence-electron chi connectivity index (χ4n) is 5.80. The van der Waals surface area contributed by atoms with Gasteiger partial charge >= 0.3 is 18.2 Å². The van der Waals surface area contributed by atoms with Gasteiger partial charge in [-0.3, -0.25) is 19.2 Å². The number of unbranched alkanes of at least 4 members (excludes halogenated alkanes) is 2. The highest BCUT2D eigenvalue weighted by Crippen LogP contribution is 2.33. The molecule has 7 N–H and O–H groups in total. The molecule has 0 aromatic heterocycles. The van der Waals surface area contributed by atoms with E-state index in [1.807, 2.05) is 11.8 Å². The van der Waals surface area contributed by atoms with Gasteiger partial charge in [-0.2, -0.15) is 16.6 Å². The summed E-state index contributed by atoms with van der Waals surface area (Å²) >= 11 is 1.88. The molecule has 0 spiro atoms. The third-order valence-corrected chi connectivity index (χ3v) is 10.2. The first-order chi connectivity index (χ1) is 27.3. The summed E-state index contributed by atoms with van der Waals surface area (Å²) in [4.78, 5) is 75.2. The van der Waals surface area contributed by atoms with Crippen LogP contribution in [0.3, 0.4) is 0 Å². The summed E-state index contributed by atoms with van der Waals surface area (Å²) in [6.07, 6.45) is 5.40. The maximum Gasteiger partial charge on any atom is 0.329 e. The fourth-order valence-corrected chi connectivity index (χ4v) is 7.35. The first kappa shape index (κ1) is 49.5. The van der Waals surface area contributed by atoms with Crippen molar-refractivity contribution in [2.24, 2.45) is 5.73 Å². The van der Waals surface area contributed by atoms with Crippen molar-refractivity contribution in [1.82, 2.24) is 26.6 Å². The Kier molecular flexibility index (Phi) is 24.9. The van der Waals surface area contributed by atoms with Crippen molar-refractivity contribution in [2.45, 2.75) is 120 Å². The van der Waals surface area contributed by atoms with Crippen molar-refractivity contribution in [2.75, 3.05) is 71.7 Å². The molecule has 2 aliphatic rings. The molecule has 2 rings (SSSR count). The third-order valence-electron chi connectivity index (χ3n) is 8.73. The van der Waals surface area contributed by atoms with Gasteiger partial charge in [-0.15, -0.1) is 0 Å². The summed E-state index contributed by atoms with van der Waals surface area (Å²) in [5.41, 5.74) is 13.7. The Morgan fingerprint density at radius 3 is 2.14 bits per heavy atom. The number of hydrogen-bond acceptors (Lipinski definition) is 13. The number of amides is 5. The van der Waals surface area contributed by atoms with Crippen LogP contribution in [-0.4, -0.2) is 153 Å². The second-order valence-electron chi connectivity index (χ2n) is 14.7. The van der Waals surface area contributed by atoms with Crippen molar-refractivity contribution in [3.05, 3.63) is 5.53 Å². The standard InChI is InChI=1S/C37H64N8O11S/c1-37(2,3)56-35(50)28(12-11-26(46)24-42-39)43-34(49)27(38)8-6-7-14-40-32(48)13-16-52-18-20-54-22-23-55-21-19-53-17-15-41-31(47)10-5-4-9-30-33-29(25-57-30)44-36(51)45-33/h24,27-30,33H,4-23,25,38H2,1-3H3,(H,40,48)(H,41,47)(H,43,49)(H2,44,45,51)/t27-,28-,29-,30-,33-/m0/s1. The van der Waals surface area contributed by atoms with Gasteiger partial charge in [-0.05, 0) is 59.3 Å². The molecule has 0 aliphatic carbocycles. The van der Waals surface area contributed by atoms with Crippen molar-refractivity contribution in [1.29, 1.82) is 0 Å². The van der Waals surface area contributed by atoms with Crippen molar-refractivity contribution in [3.63, 3.8) is 0 Å². The zero-order chi connectivity index (χ0) is 41.9. The predicted octanol–water partition coefficient (Wildman–Crippen LogP) is 0.375. The minimum absolute atomic E-state index is 0.0124. The van der Waals surface area contributed by atoms with Crippen molar-refractivity contribution in [3.8, 4) is 0 Å². The molecule has 0 aromatic carbocycles. The zero-order valence-electron chi connectivity index (χ0n) is 33.7. The SMILES string of the molecule is CC(C)(C)OC(=O)[C@H](CCC(=O)C=[N+]=[N-])NC(=O)[C@@H](N)CCCCNC(=O)CCOCCOCCOCCOCCNC(=O)CCCC[C@@H]1SC[C@@H]2NC(=O)N[C@@H]21. The highest BCUT2D eigenvalue weighted by Gasteiger charge is 2.42. The molecular formula is C37H64N8O11S. The van der Waals surface area contributed by atoms with Gasteiger partial charge in [0.1, 0.15) is 11.6 Å². The van der Waals surface area contributed by atoms with E-state index in [1.54, 1.807) is 20.8 Å². The minimum atomic E-state index is -1.10. The highest BCUT2D eigenvalue weighted by molar-refractivity contribution is 8.00. The first-order valence-corrected chi connectivity index (χ1v) is 20.9. The molecule has 20 heteroatoms. The number of urea groups is 1. The van der Waals surface area contributed by atoms with Crippen molar-refractivity contribution < 1.29 is 57.2 Å². The van der Waals surface area contributed by atoms with Crippen LogP contribution in [0.5, 0.6) is 0 Å². The van der Waals surface area contributed by atoms with Crippen LogP contribution in [0.4, 0.5) is 4.79 Å². The van der Waals surface area contributed by atoms with E-state index in [1.165, 1.54) is 0 Å². The number of esters is 1. The largest absolute Gasteiger partial charge is 0.458 e. The van der Waals surface area contributed by atoms with Crippen LogP contribution in [0.1, 0.15) is 85.0 Å². The Labute approximate surface area is 339 Å². The number of ether oxygens (including phenoxy) is 5. The van der Waals surface area contributed by atoms with E-state index in [4.69, 9.17) is 34.9 Å². The number of ketones is 1. The Balaban J connectivity index is 1.35. The molecule has 0 bridgehead atoms. The lowest BCUT2D eigenvalue weighted by Gasteiger charge is -2.25. The molecule has 2 heterocycles. The number of nitrogens with two attached hydrogens (primary N) is 1. The number of fused-ring (bicyclic) bond motifs is 1. The molecule has 0 aromatic rings. The number of nitrogens with zero attached hydrogens (tertiary/aromatic N) is 2. The second kappa shape index (κ2) is 28.7. The number of carbonyl (C=O) groups excluding carboxylic acids is 6. The molecule has 2 fully saturated rings. The van der Waals surface area contributed by atoms with Crippen LogP contribution in [0.2, 0.25) is 0 Å². The molecule has 0 unspecified atom stereocenters. The molecule has 5 amide bonds. The lowest BCUT2D eigenvalue weighted by Crippen LogP contribution is -2.50. The van der Waals surface area contributed by atoms with Gasteiger partial charge in [0.15, 0.2) is 0 Å². The molecular weight excluding hydrogens is 765 g/mol. The number of Topliss-reactive ketones (excluding diaryl/α,β-unsaturated/α-hetero) is 1. The van der Waals surface area contributed by atoms with Gasteiger partial charge in [-0.25, -0.2) is 9.59 Å². The van der Waals surface area contributed by atoms with Crippen LogP contribution in [0, 0.1) is 0 Å². The average Bonchev–Trinajstić information content (AvgIpc) is 3.71. The smallest absolute Gasteiger partial charge is 0.329 e. The number of rotatable bonds is 32. The molecule has 5 atom stereocenters. The average molecular weight is 829 g/mol. The summed E-state index contributed by atoms with van der Waals surface area (Å²) in [6.45, 7) is 8.85. The Hall–Kier alpha value is -3.65. The van der Waals surface area contributed by atoms with Crippen LogP contribution in [0.25, 0.3) is 5.53 Å². The predicted molar refractivity (Wildman–Crippen MR) is 211 cm³/mol. The summed E-state index contributed by atoms with van der Waals surface area (Å²) in [6, 6.07) is -1.66. The molecule has 2 aliphatic heterocycles. The van der Waals surface area contributed by atoms with Gasteiger partial charge in [-0.1, -0.05) is 6.42 Å². The molecule has 2 saturated heterocycles.